The second-order valence-electron chi connectivity index (χ2n) is 4.58. The van der Waals surface area contributed by atoms with Crippen molar-refractivity contribution < 1.29 is 14.6 Å². The maximum absolute atomic E-state index is 11.2. The van der Waals surface area contributed by atoms with Crippen LogP contribution in [0.5, 0.6) is 0 Å². The third-order valence-corrected chi connectivity index (χ3v) is 2.36. The summed E-state index contributed by atoms with van der Waals surface area (Å²) < 4.78 is 4.80. The standard InChI is InChI=1S/C11H18O3/c1-4-14-9(12)7-11(13)6-5-10(2,3)8-11/h5-6,13H,4,7-8H2,1-3H3. The first-order valence-electron chi connectivity index (χ1n) is 4.95. The SMILES string of the molecule is CCOC(=O)CC1(O)C=CC(C)(C)C1. The smallest absolute Gasteiger partial charge is 0.309 e. The lowest BCUT2D eigenvalue weighted by Gasteiger charge is -2.24. The van der Waals surface area contributed by atoms with Crippen LogP contribution in [0.4, 0.5) is 0 Å². The summed E-state index contributed by atoms with van der Waals surface area (Å²) in [5, 5.41) is 10.0. The van der Waals surface area contributed by atoms with Gasteiger partial charge in [0.1, 0.15) is 0 Å². The van der Waals surface area contributed by atoms with E-state index in [-0.39, 0.29) is 17.8 Å². The zero-order chi connectivity index (χ0) is 10.8. The van der Waals surface area contributed by atoms with E-state index in [1.54, 1.807) is 13.0 Å². The molecule has 0 saturated heterocycles. The van der Waals surface area contributed by atoms with Gasteiger partial charge in [-0.15, -0.1) is 0 Å². The molecule has 0 fully saturated rings. The van der Waals surface area contributed by atoms with Crippen LogP contribution in [0.25, 0.3) is 0 Å². The normalized spacial score (nSPS) is 29.1. The molecule has 80 valence electrons. The molecule has 0 aromatic rings. The Morgan fingerprint density at radius 2 is 2.14 bits per heavy atom. The molecule has 0 spiro atoms. The summed E-state index contributed by atoms with van der Waals surface area (Å²) in [4.78, 5) is 11.2. The Labute approximate surface area is 84.8 Å². The van der Waals surface area contributed by atoms with Crippen molar-refractivity contribution in [1.82, 2.24) is 0 Å². The first-order chi connectivity index (χ1) is 6.37. The Balaban J connectivity index is 2.54. The Hall–Kier alpha value is -0.830. The Morgan fingerprint density at radius 1 is 1.50 bits per heavy atom. The molecular weight excluding hydrogens is 180 g/mol. The van der Waals surface area contributed by atoms with Crippen LogP contribution < -0.4 is 0 Å². The minimum atomic E-state index is -1.00. The summed E-state index contributed by atoms with van der Waals surface area (Å²) >= 11 is 0. The van der Waals surface area contributed by atoms with E-state index in [1.807, 2.05) is 19.9 Å². The summed E-state index contributed by atoms with van der Waals surface area (Å²) in [7, 11) is 0. The third kappa shape index (κ3) is 2.84. The fourth-order valence-corrected chi connectivity index (χ4v) is 1.87. The molecule has 0 aliphatic heterocycles. The molecule has 1 N–H and O–H groups in total. The second kappa shape index (κ2) is 3.73. The molecule has 1 unspecified atom stereocenters. The van der Waals surface area contributed by atoms with E-state index in [4.69, 9.17) is 4.74 Å². The fourth-order valence-electron chi connectivity index (χ4n) is 1.87. The van der Waals surface area contributed by atoms with Crippen LogP contribution >= 0.6 is 0 Å². The summed E-state index contributed by atoms with van der Waals surface area (Å²) in [6, 6.07) is 0. The van der Waals surface area contributed by atoms with E-state index in [0.717, 1.165) is 0 Å². The van der Waals surface area contributed by atoms with Crippen molar-refractivity contribution in [3.8, 4) is 0 Å². The van der Waals surface area contributed by atoms with Crippen LogP contribution in [0.3, 0.4) is 0 Å². The van der Waals surface area contributed by atoms with Crippen molar-refractivity contribution in [2.75, 3.05) is 6.61 Å². The molecule has 1 atom stereocenters. The molecule has 1 aliphatic rings. The summed E-state index contributed by atoms with van der Waals surface area (Å²) in [5.74, 6) is -0.336. The Morgan fingerprint density at radius 3 is 2.57 bits per heavy atom. The van der Waals surface area contributed by atoms with E-state index < -0.39 is 5.60 Å². The van der Waals surface area contributed by atoms with E-state index in [0.29, 0.717) is 13.0 Å². The van der Waals surface area contributed by atoms with Gasteiger partial charge in [0, 0.05) is 0 Å². The van der Waals surface area contributed by atoms with E-state index in [9.17, 15) is 9.90 Å². The van der Waals surface area contributed by atoms with Gasteiger partial charge < -0.3 is 9.84 Å². The number of ether oxygens (including phenoxy) is 1. The van der Waals surface area contributed by atoms with Crippen molar-refractivity contribution in [3.05, 3.63) is 12.2 Å². The minimum absolute atomic E-state index is 0.0265. The molecule has 1 aliphatic carbocycles. The fraction of sp³-hybridized carbons (Fsp3) is 0.727. The molecule has 0 aromatic heterocycles. The maximum Gasteiger partial charge on any atom is 0.309 e. The predicted molar refractivity (Wildman–Crippen MR) is 53.7 cm³/mol. The minimum Gasteiger partial charge on any atom is -0.466 e. The molecule has 1 rings (SSSR count). The van der Waals surface area contributed by atoms with Crippen molar-refractivity contribution in [2.45, 2.75) is 39.2 Å². The molecular formula is C11H18O3. The topological polar surface area (TPSA) is 46.5 Å². The van der Waals surface area contributed by atoms with Crippen molar-refractivity contribution in [1.29, 1.82) is 0 Å². The molecule has 0 saturated carbocycles. The number of carbonyl (C=O) groups excluding carboxylic acids is 1. The number of hydrogen-bond donors (Lipinski definition) is 1. The summed E-state index contributed by atoms with van der Waals surface area (Å²) in [6.07, 6.45) is 4.30. The number of aliphatic hydroxyl groups is 1. The lowest BCUT2D eigenvalue weighted by molar-refractivity contribution is -0.147. The molecule has 3 heteroatoms. The van der Waals surface area contributed by atoms with Gasteiger partial charge in [-0.3, -0.25) is 4.79 Å². The largest absolute Gasteiger partial charge is 0.466 e. The molecule has 14 heavy (non-hydrogen) atoms. The van der Waals surface area contributed by atoms with Gasteiger partial charge in [-0.1, -0.05) is 26.0 Å². The number of carbonyl (C=O) groups is 1. The van der Waals surface area contributed by atoms with Crippen molar-refractivity contribution in [3.63, 3.8) is 0 Å². The molecule has 0 bridgehead atoms. The lowest BCUT2D eigenvalue weighted by atomic mass is 9.87. The molecule has 0 heterocycles. The Bertz CT molecular complexity index is 255. The van der Waals surface area contributed by atoms with Gasteiger partial charge in [0.25, 0.3) is 0 Å². The summed E-state index contributed by atoms with van der Waals surface area (Å²) in [5.41, 5.74) is -1.03. The van der Waals surface area contributed by atoms with Crippen molar-refractivity contribution in [2.24, 2.45) is 5.41 Å². The zero-order valence-electron chi connectivity index (χ0n) is 9.04. The molecule has 0 radical (unpaired) electrons. The highest BCUT2D eigenvalue weighted by atomic mass is 16.5. The lowest BCUT2D eigenvalue weighted by Crippen LogP contribution is -2.30. The summed E-state index contributed by atoms with van der Waals surface area (Å²) in [6.45, 7) is 6.19. The predicted octanol–water partition coefficient (Wildman–Crippen LogP) is 1.66. The van der Waals surface area contributed by atoms with Crippen LogP contribution in [-0.2, 0) is 9.53 Å². The van der Waals surface area contributed by atoms with Gasteiger partial charge in [0.05, 0.1) is 18.6 Å². The number of allylic oxidation sites excluding steroid dienone is 1. The maximum atomic E-state index is 11.2. The van der Waals surface area contributed by atoms with Crippen LogP contribution in [0, 0.1) is 5.41 Å². The van der Waals surface area contributed by atoms with E-state index in [1.165, 1.54) is 0 Å². The molecule has 0 amide bonds. The van der Waals surface area contributed by atoms with Crippen LogP contribution in [0.15, 0.2) is 12.2 Å². The monoisotopic (exact) mass is 198 g/mol. The van der Waals surface area contributed by atoms with Gasteiger partial charge in [0.2, 0.25) is 0 Å². The zero-order valence-corrected chi connectivity index (χ0v) is 9.04. The first kappa shape index (κ1) is 11.2. The van der Waals surface area contributed by atoms with E-state index >= 15 is 0 Å². The van der Waals surface area contributed by atoms with Gasteiger partial charge in [-0.2, -0.15) is 0 Å². The van der Waals surface area contributed by atoms with Gasteiger partial charge in [-0.05, 0) is 18.8 Å². The highest BCUT2D eigenvalue weighted by molar-refractivity contribution is 5.71. The second-order valence-corrected chi connectivity index (χ2v) is 4.58. The highest BCUT2D eigenvalue weighted by Gasteiger charge is 2.38. The van der Waals surface area contributed by atoms with Gasteiger partial charge in [-0.25, -0.2) is 0 Å². The number of esters is 1. The molecule has 3 nitrogen and oxygen atoms in total. The third-order valence-electron chi connectivity index (χ3n) is 2.36. The molecule has 0 aromatic carbocycles. The average molecular weight is 198 g/mol. The van der Waals surface area contributed by atoms with Gasteiger partial charge in [0.15, 0.2) is 0 Å². The van der Waals surface area contributed by atoms with Crippen LogP contribution in [-0.4, -0.2) is 23.3 Å². The first-order valence-corrected chi connectivity index (χ1v) is 4.95. The van der Waals surface area contributed by atoms with Crippen LogP contribution in [0.1, 0.15) is 33.6 Å². The quantitative estimate of drug-likeness (QED) is 0.554. The van der Waals surface area contributed by atoms with Crippen LogP contribution in [0.2, 0.25) is 0 Å². The van der Waals surface area contributed by atoms with Crippen molar-refractivity contribution >= 4 is 5.97 Å². The number of rotatable bonds is 3. The number of hydrogen-bond acceptors (Lipinski definition) is 3. The average Bonchev–Trinajstić information content (AvgIpc) is 2.25. The van der Waals surface area contributed by atoms with Gasteiger partial charge >= 0.3 is 5.97 Å². The highest BCUT2D eigenvalue weighted by Crippen LogP contribution is 2.39. The Kier molecular flexibility index (Phi) is 3.00. The van der Waals surface area contributed by atoms with E-state index in [2.05, 4.69) is 0 Å².